The molecule has 1 saturated heterocycles. The van der Waals surface area contributed by atoms with Crippen molar-refractivity contribution in [3.05, 3.63) is 0 Å². The molecule has 7 atom stereocenters. The summed E-state index contributed by atoms with van der Waals surface area (Å²) < 4.78 is 20.0. The summed E-state index contributed by atoms with van der Waals surface area (Å²) in [5.41, 5.74) is 0. The number of aliphatic hydroxyl groups is 5. The first-order chi connectivity index (χ1) is 7.72. The van der Waals surface area contributed by atoms with Crippen molar-refractivity contribution in [3.8, 4) is 0 Å². The molecule has 1 heterocycles. The largest absolute Gasteiger partial charge is 0.387 e. The Balaban J connectivity index is 2.88. The molecule has 1 rings (SSSR count). The molecule has 0 bridgehead atoms. The molecule has 1 fully saturated rings. The zero-order valence-corrected chi connectivity index (χ0v) is 9.71. The van der Waals surface area contributed by atoms with Gasteiger partial charge in [-0.15, -0.1) is 0 Å². The van der Waals surface area contributed by atoms with Gasteiger partial charge in [0.15, 0.2) is 12.1 Å². The van der Waals surface area contributed by atoms with Gasteiger partial charge in [0.2, 0.25) is 0 Å². The van der Waals surface area contributed by atoms with E-state index in [0.29, 0.717) is 0 Å². The minimum absolute atomic E-state index is 0.862. The second-order valence-electron chi connectivity index (χ2n) is 3.62. The molecular weight excluding hydrogens is 259 g/mol. The van der Waals surface area contributed by atoms with Crippen LogP contribution in [0.25, 0.3) is 0 Å². The van der Waals surface area contributed by atoms with Crippen molar-refractivity contribution in [2.45, 2.75) is 36.6 Å². The number of hydrogen-bond donors (Lipinski definition) is 6. The molecule has 10 heteroatoms. The SMILES string of the molecule is COP(=O)(O)C(O)[C@H]1O[C@H](O)[C@@H](O)[C@@H](O)[C@@H]1O. The van der Waals surface area contributed by atoms with Crippen LogP contribution in [0.4, 0.5) is 0 Å². The average Bonchev–Trinajstić information content (AvgIpc) is 2.30. The van der Waals surface area contributed by atoms with Gasteiger partial charge >= 0.3 is 7.60 Å². The Kier molecular flexibility index (Phi) is 4.64. The van der Waals surface area contributed by atoms with Crippen molar-refractivity contribution in [3.63, 3.8) is 0 Å². The van der Waals surface area contributed by atoms with Crippen LogP contribution in [0.2, 0.25) is 0 Å². The molecule has 0 aromatic carbocycles. The molecule has 1 aliphatic rings. The highest BCUT2D eigenvalue weighted by atomic mass is 31.2. The topological polar surface area (TPSA) is 157 Å². The summed E-state index contributed by atoms with van der Waals surface area (Å²) in [6.45, 7) is 0. The fraction of sp³-hybridized carbons (Fsp3) is 1.00. The summed E-state index contributed by atoms with van der Waals surface area (Å²) in [4.78, 5) is 9.17. The van der Waals surface area contributed by atoms with Gasteiger partial charge in [-0.3, -0.25) is 4.57 Å². The van der Waals surface area contributed by atoms with Gasteiger partial charge < -0.3 is 39.7 Å². The third-order valence-corrected chi connectivity index (χ3v) is 4.00. The van der Waals surface area contributed by atoms with E-state index in [4.69, 9.17) is 15.1 Å². The Morgan fingerprint density at radius 3 is 2.18 bits per heavy atom. The van der Waals surface area contributed by atoms with Gasteiger partial charge in [0, 0.05) is 7.11 Å². The standard InChI is InChI=1S/C7H15O9P/c1-15-17(13,14)7(12)5-3(9)2(8)4(10)6(11)16-5/h2-12H,1H3,(H,13,14)/t2-,3-,4-,5-,6-,7?/m0/s1. The predicted molar refractivity (Wildman–Crippen MR) is 51.7 cm³/mol. The molecule has 0 aliphatic carbocycles. The Hall–Kier alpha value is -0.0900. The molecule has 102 valence electrons. The van der Waals surface area contributed by atoms with Gasteiger partial charge in [-0.2, -0.15) is 0 Å². The lowest BCUT2D eigenvalue weighted by atomic mass is 9.99. The summed E-state index contributed by atoms with van der Waals surface area (Å²) in [6, 6.07) is 0. The molecule has 1 aliphatic heterocycles. The lowest BCUT2D eigenvalue weighted by molar-refractivity contribution is -0.291. The molecular formula is C7H15O9P. The maximum Gasteiger partial charge on any atom is 0.358 e. The van der Waals surface area contributed by atoms with Crippen molar-refractivity contribution in [2.24, 2.45) is 0 Å². The van der Waals surface area contributed by atoms with E-state index < -0.39 is 44.1 Å². The molecule has 0 amide bonds. The van der Waals surface area contributed by atoms with Gasteiger partial charge in [0.25, 0.3) is 0 Å². The zero-order valence-electron chi connectivity index (χ0n) is 8.82. The van der Waals surface area contributed by atoms with E-state index in [9.17, 15) is 19.9 Å². The van der Waals surface area contributed by atoms with E-state index in [2.05, 4.69) is 9.26 Å². The molecule has 9 nitrogen and oxygen atoms in total. The Morgan fingerprint density at radius 2 is 1.71 bits per heavy atom. The first-order valence-corrected chi connectivity index (χ1v) is 6.31. The van der Waals surface area contributed by atoms with E-state index in [1.165, 1.54) is 0 Å². The van der Waals surface area contributed by atoms with Gasteiger partial charge in [-0.05, 0) is 0 Å². The fourth-order valence-corrected chi connectivity index (χ4v) is 2.26. The first kappa shape index (κ1) is 15.0. The maximum atomic E-state index is 11.3. The molecule has 0 aromatic heterocycles. The summed E-state index contributed by atoms with van der Waals surface area (Å²) in [6.07, 6.45) is -9.12. The Bertz CT molecular complexity index is 310. The van der Waals surface area contributed by atoms with Crippen molar-refractivity contribution in [1.29, 1.82) is 0 Å². The minimum atomic E-state index is -4.48. The van der Waals surface area contributed by atoms with Crippen LogP contribution in [0.5, 0.6) is 0 Å². The van der Waals surface area contributed by atoms with Crippen molar-refractivity contribution in [1.82, 2.24) is 0 Å². The van der Waals surface area contributed by atoms with Gasteiger partial charge in [-0.25, -0.2) is 0 Å². The first-order valence-electron chi connectivity index (χ1n) is 4.66. The Morgan fingerprint density at radius 1 is 1.18 bits per heavy atom. The third kappa shape index (κ3) is 2.84. The van der Waals surface area contributed by atoms with Crippen LogP contribution in [0, 0.1) is 0 Å². The Labute approximate surface area is 96.4 Å². The maximum absolute atomic E-state index is 11.3. The second-order valence-corrected chi connectivity index (χ2v) is 5.65. The summed E-state index contributed by atoms with van der Waals surface area (Å²) in [7, 11) is -3.61. The van der Waals surface area contributed by atoms with E-state index in [1.807, 2.05) is 0 Å². The lowest BCUT2D eigenvalue weighted by Gasteiger charge is -2.40. The van der Waals surface area contributed by atoms with E-state index >= 15 is 0 Å². The van der Waals surface area contributed by atoms with E-state index in [0.717, 1.165) is 7.11 Å². The molecule has 2 unspecified atom stereocenters. The summed E-state index contributed by atoms with van der Waals surface area (Å²) in [5.74, 6) is -2.17. The molecule has 0 spiro atoms. The molecule has 17 heavy (non-hydrogen) atoms. The van der Waals surface area contributed by atoms with Crippen LogP contribution in [0.1, 0.15) is 0 Å². The fourth-order valence-electron chi connectivity index (χ4n) is 1.43. The minimum Gasteiger partial charge on any atom is -0.387 e. The highest BCUT2D eigenvalue weighted by molar-refractivity contribution is 7.53. The van der Waals surface area contributed by atoms with Crippen LogP contribution in [0.3, 0.4) is 0 Å². The molecule has 0 radical (unpaired) electrons. The van der Waals surface area contributed by atoms with Gasteiger partial charge in [-0.1, -0.05) is 0 Å². The molecule has 0 aromatic rings. The van der Waals surface area contributed by atoms with E-state index in [1.54, 1.807) is 0 Å². The molecule has 6 N–H and O–H groups in total. The van der Waals surface area contributed by atoms with Gasteiger partial charge in [0.05, 0.1) is 0 Å². The van der Waals surface area contributed by atoms with Gasteiger partial charge in [0.1, 0.15) is 24.4 Å². The average molecular weight is 274 g/mol. The van der Waals surface area contributed by atoms with Crippen LogP contribution in [-0.2, 0) is 13.8 Å². The number of hydrogen-bond acceptors (Lipinski definition) is 8. The molecule has 0 saturated carbocycles. The number of ether oxygens (including phenoxy) is 1. The number of rotatable bonds is 3. The monoisotopic (exact) mass is 274 g/mol. The zero-order chi connectivity index (χ0) is 13.4. The highest BCUT2D eigenvalue weighted by Gasteiger charge is 2.50. The number of aliphatic hydroxyl groups excluding tert-OH is 5. The quantitative estimate of drug-likeness (QED) is 0.294. The van der Waals surface area contributed by atoms with Crippen molar-refractivity contribution >= 4 is 7.60 Å². The second kappa shape index (κ2) is 5.27. The summed E-state index contributed by atoms with van der Waals surface area (Å²) >= 11 is 0. The van der Waals surface area contributed by atoms with Crippen molar-refractivity contribution < 1.29 is 44.3 Å². The lowest BCUT2D eigenvalue weighted by Crippen LogP contribution is -2.60. The van der Waals surface area contributed by atoms with Crippen LogP contribution in [0.15, 0.2) is 0 Å². The third-order valence-electron chi connectivity index (χ3n) is 2.51. The van der Waals surface area contributed by atoms with Crippen LogP contribution >= 0.6 is 7.60 Å². The highest BCUT2D eigenvalue weighted by Crippen LogP contribution is 2.48. The summed E-state index contributed by atoms with van der Waals surface area (Å²) in [5, 5.41) is 46.5. The van der Waals surface area contributed by atoms with Crippen molar-refractivity contribution in [2.75, 3.05) is 7.11 Å². The van der Waals surface area contributed by atoms with Crippen LogP contribution in [-0.4, -0.2) is 74.1 Å². The van der Waals surface area contributed by atoms with Crippen LogP contribution < -0.4 is 0 Å². The smallest absolute Gasteiger partial charge is 0.358 e. The van der Waals surface area contributed by atoms with E-state index in [-0.39, 0.29) is 0 Å². The normalized spacial score (nSPS) is 44.1. The predicted octanol–water partition coefficient (Wildman–Crippen LogP) is -3.06.